The van der Waals surface area contributed by atoms with Crippen molar-refractivity contribution in [3.8, 4) is 0 Å². The van der Waals surface area contributed by atoms with E-state index >= 15 is 0 Å². The summed E-state index contributed by atoms with van der Waals surface area (Å²) < 4.78 is 50.9. The summed E-state index contributed by atoms with van der Waals surface area (Å²) in [4.78, 5) is 29.3. The predicted molar refractivity (Wildman–Crippen MR) is 127 cm³/mol. The molecular formula is C25H29F3N4O4. The van der Waals surface area contributed by atoms with Crippen LogP contribution >= 0.6 is 0 Å². The smallest absolute Gasteiger partial charge is 0.416 e. The van der Waals surface area contributed by atoms with Crippen LogP contribution in [-0.2, 0) is 35.8 Å². The second kappa shape index (κ2) is 12.3. The minimum absolute atomic E-state index is 0.188. The van der Waals surface area contributed by atoms with Crippen LogP contribution in [0.15, 0.2) is 65.4 Å². The molecule has 3 aromatic rings. The number of nitrogens with one attached hydrogen (secondary N) is 1. The van der Waals surface area contributed by atoms with Gasteiger partial charge in [-0.2, -0.15) is 13.2 Å². The highest BCUT2D eigenvalue weighted by Crippen LogP contribution is 2.29. The van der Waals surface area contributed by atoms with Crippen LogP contribution in [0.25, 0.3) is 0 Å². The van der Waals surface area contributed by atoms with Crippen molar-refractivity contribution in [1.82, 2.24) is 14.4 Å². The Hall–Kier alpha value is -3.73. The summed E-state index contributed by atoms with van der Waals surface area (Å²) in [5.74, 6) is 0.283. The van der Waals surface area contributed by atoms with Crippen LogP contribution in [0.4, 0.5) is 23.7 Å². The van der Waals surface area contributed by atoms with Crippen LogP contribution < -0.4 is 5.32 Å². The predicted octanol–water partition coefficient (Wildman–Crippen LogP) is 4.74. The summed E-state index contributed by atoms with van der Waals surface area (Å²) in [6.07, 6.45) is -0.606. The summed E-state index contributed by atoms with van der Waals surface area (Å²) in [6, 6.07) is 10.8. The van der Waals surface area contributed by atoms with Crippen molar-refractivity contribution in [2.75, 3.05) is 32.1 Å². The van der Waals surface area contributed by atoms with Gasteiger partial charge in [0.2, 0.25) is 5.91 Å². The second-order valence-electron chi connectivity index (χ2n) is 8.21. The highest BCUT2D eigenvalue weighted by molar-refractivity contribution is 5.92. The fraction of sp³-hybridized carbons (Fsp3) is 0.360. The molecule has 194 valence electrons. The van der Waals surface area contributed by atoms with Crippen molar-refractivity contribution in [3.05, 3.63) is 78.0 Å². The molecule has 3 amide bonds. The Morgan fingerprint density at radius 2 is 1.81 bits per heavy atom. The molecule has 0 spiro atoms. The molecule has 1 N–H and O–H groups in total. The van der Waals surface area contributed by atoms with Gasteiger partial charge in [-0.15, -0.1) is 0 Å². The number of carbonyl (C=O) groups excluding carboxylic acids is 2. The van der Waals surface area contributed by atoms with E-state index < -0.39 is 17.8 Å². The number of urea groups is 1. The van der Waals surface area contributed by atoms with Gasteiger partial charge >= 0.3 is 12.2 Å². The number of benzene rings is 1. The number of hydrogen-bond acceptors (Lipinski definition) is 4. The fourth-order valence-corrected chi connectivity index (χ4v) is 3.54. The number of anilines is 1. The van der Waals surface area contributed by atoms with Gasteiger partial charge in [-0.05, 0) is 55.0 Å². The number of nitrogens with zero attached hydrogens (tertiary/aromatic N) is 3. The van der Waals surface area contributed by atoms with Crippen LogP contribution in [0, 0.1) is 0 Å². The van der Waals surface area contributed by atoms with E-state index in [1.54, 1.807) is 17.0 Å². The van der Waals surface area contributed by atoms with Gasteiger partial charge in [0, 0.05) is 44.9 Å². The molecule has 0 bridgehead atoms. The Balaban J connectivity index is 1.73. The van der Waals surface area contributed by atoms with E-state index in [0.717, 1.165) is 17.8 Å². The zero-order valence-corrected chi connectivity index (χ0v) is 20.1. The van der Waals surface area contributed by atoms with E-state index in [1.165, 1.54) is 30.4 Å². The minimum atomic E-state index is -4.48. The van der Waals surface area contributed by atoms with Gasteiger partial charge in [0.25, 0.3) is 0 Å². The quantitative estimate of drug-likeness (QED) is 0.381. The number of aromatic nitrogens is 1. The lowest BCUT2D eigenvalue weighted by Crippen LogP contribution is -2.44. The number of ether oxygens (including phenoxy) is 1. The maximum atomic E-state index is 13.4. The molecule has 0 radical (unpaired) electrons. The molecule has 0 saturated heterocycles. The van der Waals surface area contributed by atoms with E-state index in [-0.39, 0.29) is 31.2 Å². The molecule has 2 aromatic heterocycles. The number of carbonyl (C=O) groups is 2. The van der Waals surface area contributed by atoms with Crippen molar-refractivity contribution < 1.29 is 31.9 Å². The molecule has 2 heterocycles. The maximum absolute atomic E-state index is 13.4. The summed E-state index contributed by atoms with van der Waals surface area (Å²) in [7, 11) is 3.40. The number of halogens is 3. The van der Waals surface area contributed by atoms with E-state index in [0.29, 0.717) is 25.3 Å². The van der Waals surface area contributed by atoms with Gasteiger partial charge in [0.15, 0.2) is 0 Å². The van der Waals surface area contributed by atoms with Crippen molar-refractivity contribution >= 4 is 17.6 Å². The standard InChI is InChI=1S/C25H29F3N4O4/c1-30-12-3-6-21(30)16-32(17-22-7-4-15-36-22)23(33)18-31(13-5-14-35-2)24(34)29-20-10-8-19(9-11-20)25(26,27)28/h3-4,6-12,15H,5,13-14,16-18H2,1-2H3,(H,29,34). The largest absolute Gasteiger partial charge is 0.467 e. The van der Waals surface area contributed by atoms with Crippen LogP contribution in [0.3, 0.4) is 0 Å². The molecule has 11 heteroatoms. The van der Waals surface area contributed by atoms with Gasteiger partial charge < -0.3 is 28.8 Å². The molecule has 0 unspecified atom stereocenters. The van der Waals surface area contributed by atoms with Gasteiger partial charge in [-0.3, -0.25) is 4.79 Å². The molecule has 0 atom stereocenters. The normalized spacial score (nSPS) is 11.4. The second-order valence-corrected chi connectivity index (χ2v) is 8.21. The zero-order valence-electron chi connectivity index (χ0n) is 20.1. The summed E-state index contributed by atoms with van der Waals surface area (Å²) in [5.41, 5.74) is 0.269. The SMILES string of the molecule is COCCCN(CC(=O)N(Cc1ccco1)Cc1cccn1C)C(=O)Nc1ccc(C(F)(F)F)cc1. The van der Waals surface area contributed by atoms with Gasteiger partial charge in [-0.1, -0.05) is 0 Å². The average molecular weight is 507 g/mol. The third kappa shape index (κ3) is 7.64. The summed E-state index contributed by atoms with van der Waals surface area (Å²) >= 11 is 0. The van der Waals surface area contributed by atoms with E-state index in [4.69, 9.17) is 9.15 Å². The van der Waals surface area contributed by atoms with E-state index in [9.17, 15) is 22.8 Å². The third-order valence-corrected chi connectivity index (χ3v) is 5.54. The number of alkyl halides is 3. The molecule has 8 nitrogen and oxygen atoms in total. The summed E-state index contributed by atoms with van der Waals surface area (Å²) in [6.45, 7) is 0.864. The highest BCUT2D eigenvalue weighted by Gasteiger charge is 2.30. The Morgan fingerprint density at radius 1 is 1.06 bits per heavy atom. The fourth-order valence-electron chi connectivity index (χ4n) is 3.54. The first-order chi connectivity index (χ1) is 17.2. The van der Waals surface area contributed by atoms with Crippen molar-refractivity contribution in [2.45, 2.75) is 25.7 Å². The molecular weight excluding hydrogens is 477 g/mol. The van der Waals surface area contributed by atoms with E-state index in [1.807, 2.05) is 29.9 Å². The first-order valence-electron chi connectivity index (χ1n) is 11.3. The highest BCUT2D eigenvalue weighted by atomic mass is 19.4. The van der Waals surface area contributed by atoms with Crippen LogP contribution in [0.1, 0.15) is 23.4 Å². The Kier molecular flexibility index (Phi) is 9.18. The molecule has 1 aromatic carbocycles. The Labute approximate surface area is 207 Å². The van der Waals surface area contributed by atoms with Gasteiger partial charge in [0.05, 0.1) is 24.9 Å². The van der Waals surface area contributed by atoms with Gasteiger partial charge in [-0.25, -0.2) is 4.79 Å². The van der Waals surface area contributed by atoms with Crippen molar-refractivity contribution in [3.63, 3.8) is 0 Å². The van der Waals surface area contributed by atoms with E-state index in [2.05, 4.69) is 5.32 Å². The monoisotopic (exact) mass is 506 g/mol. The number of aryl methyl sites for hydroxylation is 1. The van der Waals surface area contributed by atoms with Crippen molar-refractivity contribution in [1.29, 1.82) is 0 Å². The number of amides is 3. The van der Waals surface area contributed by atoms with Gasteiger partial charge in [0.1, 0.15) is 12.3 Å². The Morgan fingerprint density at radius 3 is 2.39 bits per heavy atom. The van der Waals surface area contributed by atoms with Crippen LogP contribution in [0.5, 0.6) is 0 Å². The third-order valence-electron chi connectivity index (χ3n) is 5.54. The zero-order chi connectivity index (χ0) is 26.1. The number of rotatable bonds is 11. The van der Waals surface area contributed by atoms with Crippen LogP contribution in [0.2, 0.25) is 0 Å². The summed E-state index contributed by atoms with van der Waals surface area (Å²) in [5, 5.41) is 2.58. The maximum Gasteiger partial charge on any atom is 0.416 e. The number of furan rings is 1. The molecule has 0 aliphatic heterocycles. The molecule has 0 fully saturated rings. The molecule has 36 heavy (non-hydrogen) atoms. The molecule has 3 rings (SSSR count). The molecule has 0 aliphatic carbocycles. The lowest BCUT2D eigenvalue weighted by Gasteiger charge is -2.27. The Bertz CT molecular complexity index is 1110. The topological polar surface area (TPSA) is 80.0 Å². The first kappa shape index (κ1) is 26.9. The average Bonchev–Trinajstić information content (AvgIpc) is 3.49. The number of hydrogen-bond donors (Lipinski definition) is 1. The lowest BCUT2D eigenvalue weighted by atomic mass is 10.2. The minimum Gasteiger partial charge on any atom is -0.467 e. The van der Waals surface area contributed by atoms with Crippen LogP contribution in [-0.4, -0.2) is 53.1 Å². The molecule has 0 aliphatic rings. The van der Waals surface area contributed by atoms with Crippen molar-refractivity contribution in [2.24, 2.45) is 7.05 Å². The number of methoxy groups -OCH3 is 1. The first-order valence-corrected chi connectivity index (χ1v) is 11.3. The lowest BCUT2D eigenvalue weighted by molar-refractivity contribution is -0.137. The molecule has 0 saturated carbocycles.